The molecule has 0 aromatic heterocycles. The monoisotopic (exact) mass is 444 g/mol. The van der Waals surface area contributed by atoms with E-state index in [0.29, 0.717) is 5.41 Å². The maximum Gasteiger partial charge on any atom is -0.00504 e. The average molecular weight is 444 g/mol. The van der Waals surface area contributed by atoms with Gasteiger partial charge in [0, 0.05) is 0 Å². The van der Waals surface area contributed by atoms with Crippen LogP contribution in [0.2, 0.25) is 0 Å². The van der Waals surface area contributed by atoms with E-state index in [-0.39, 0.29) is 0 Å². The van der Waals surface area contributed by atoms with Crippen molar-refractivity contribution in [2.45, 2.75) is 160 Å². The lowest BCUT2D eigenvalue weighted by atomic mass is 9.78. The first-order valence-electron chi connectivity index (χ1n) is 14.3. The van der Waals surface area contributed by atoms with Gasteiger partial charge in [0.1, 0.15) is 0 Å². The largest absolute Gasteiger partial charge is 0.307 e. The highest BCUT2D eigenvalue weighted by molar-refractivity contribution is 4.72. The summed E-state index contributed by atoms with van der Waals surface area (Å²) in [6.07, 6.45) is 16.4. The second-order valence-electron chi connectivity index (χ2n) is 10.2. The third kappa shape index (κ3) is 34.8. The normalized spacial score (nSPS) is 10.8. The summed E-state index contributed by atoms with van der Waals surface area (Å²) in [5.74, 6) is 1.90. The van der Waals surface area contributed by atoms with E-state index in [9.17, 15) is 0 Å². The van der Waals surface area contributed by atoms with Crippen molar-refractivity contribution in [1.29, 1.82) is 0 Å². The molecule has 0 aromatic carbocycles. The van der Waals surface area contributed by atoms with E-state index in [4.69, 9.17) is 0 Å². The van der Waals surface area contributed by atoms with Crippen LogP contribution in [0.25, 0.3) is 0 Å². The highest BCUT2D eigenvalue weighted by Crippen LogP contribution is 2.33. The molecule has 0 amide bonds. The molecule has 0 unspecified atom stereocenters. The van der Waals surface area contributed by atoms with Gasteiger partial charge in [0.05, 0.1) is 0 Å². The van der Waals surface area contributed by atoms with Crippen molar-refractivity contribution in [2.24, 2.45) is 17.3 Å². The minimum atomic E-state index is 0.651. The van der Waals surface area contributed by atoms with Crippen LogP contribution >= 0.6 is 0 Å². The fourth-order valence-corrected chi connectivity index (χ4v) is 3.83. The maximum atomic E-state index is 2.45. The van der Waals surface area contributed by atoms with E-state index >= 15 is 0 Å². The first kappa shape index (κ1) is 38.2. The third-order valence-corrected chi connectivity index (χ3v) is 6.60. The summed E-state index contributed by atoms with van der Waals surface area (Å²) < 4.78 is 0. The summed E-state index contributed by atoms with van der Waals surface area (Å²) in [5.41, 5.74) is 0.651. The lowest BCUT2D eigenvalue weighted by Gasteiger charge is -2.28. The Kier molecular flexibility index (Phi) is 37.0. The van der Waals surface area contributed by atoms with E-state index in [2.05, 4.69) is 95.0 Å². The molecule has 0 bridgehead atoms. The molecule has 0 saturated carbocycles. The molecule has 194 valence electrons. The zero-order valence-corrected chi connectivity index (χ0v) is 25.0. The van der Waals surface area contributed by atoms with Crippen LogP contribution in [0, 0.1) is 17.3 Å². The lowest BCUT2D eigenvalue weighted by molar-refractivity contribution is 0.242. The molecule has 0 aromatic rings. The molecule has 0 spiro atoms. The van der Waals surface area contributed by atoms with Crippen molar-refractivity contribution in [3.63, 3.8) is 0 Å². The first-order valence-corrected chi connectivity index (χ1v) is 14.3. The Morgan fingerprint density at radius 1 is 0.548 bits per heavy atom. The van der Waals surface area contributed by atoms with E-state index in [1.165, 1.54) is 77.0 Å². The summed E-state index contributed by atoms with van der Waals surface area (Å²) in [4.78, 5) is 2.25. The minimum Gasteiger partial charge on any atom is -0.307 e. The molecule has 0 aliphatic rings. The van der Waals surface area contributed by atoms with Gasteiger partial charge in [-0.2, -0.15) is 0 Å². The predicted octanol–water partition coefficient (Wildman–Crippen LogP) is 11.0. The number of rotatable bonds is 14. The summed E-state index contributed by atoms with van der Waals surface area (Å²) in [5, 5.41) is 0. The maximum absolute atomic E-state index is 2.45. The molecule has 0 fully saturated rings. The Bertz CT molecular complexity index is 245. The summed E-state index contributed by atoms with van der Waals surface area (Å²) in [7, 11) is 2.11. The van der Waals surface area contributed by atoms with E-state index < -0.39 is 0 Å². The Morgan fingerprint density at radius 2 is 0.871 bits per heavy atom. The van der Waals surface area contributed by atoms with Crippen LogP contribution in [-0.4, -0.2) is 25.0 Å². The SMILES string of the molecule is CCC(C)CC.CCCC(C)(CCC)CCC.CCCC(C)CCC.CCN(C)CC. The molecule has 0 radical (unpaired) electrons. The van der Waals surface area contributed by atoms with Gasteiger partial charge in [-0.15, -0.1) is 0 Å². The molecule has 0 saturated heterocycles. The van der Waals surface area contributed by atoms with Gasteiger partial charge in [0.2, 0.25) is 0 Å². The van der Waals surface area contributed by atoms with Gasteiger partial charge in [-0.05, 0) is 56.7 Å². The van der Waals surface area contributed by atoms with Crippen molar-refractivity contribution in [3.8, 4) is 0 Å². The van der Waals surface area contributed by atoms with E-state index in [0.717, 1.165) is 24.9 Å². The third-order valence-electron chi connectivity index (χ3n) is 6.60. The Balaban J connectivity index is -0.000000163. The molecular formula is C30H69N. The fraction of sp³-hybridized carbons (Fsp3) is 1.00. The molecule has 0 aliphatic heterocycles. The zero-order valence-electron chi connectivity index (χ0n) is 25.0. The topological polar surface area (TPSA) is 3.24 Å². The second-order valence-corrected chi connectivity index (χ2v) is 10.2. The molecule has 0 rings (SSSR count). The van der Waals surface area contributed by atoms with Gasteiger partial charge in [-0.25, -0.2) is 0 Å². The molecule has 0 heterocycles. The number of hydrogen-bond acceptors (Lipinski definition) is 1. The summed E-state index contributed by atoms with van der Waals surface area (Å²) >= 11 is 0. The van der Waals surface area contributed by atoms with Crippen LogP contribution in [0.4, 0.5) is 0 Å². The van der Waals surface area contributed by atoms with Crippen molar-refractivity contribution in [1.82, 2.24) is 4.90 Å². The molecule has 0 aliphatic carbocycles. The van der Waals surface area contributed by atoms with Crippen LogP contribution in [0.3, 0.4) is 0 Å². The predicted molar refractivity (Wildman–Crippen MR) is 150 cm³/mol. The smallest absolute Gasteiger partial charge is 0.00504 e. The average Bonchev–Trinajstić information content (AvgIpc) is 2.74. The molecule has 0 N–H and O–H groups in total. The van der Waals surface area contributed by atoms with Crippen LogP contribution in [0.15, 0.2) is 0 Å². The molecule has 1 nitrogen and oxygen atoms in total. The van der Waals surface area contributed by atoms with Gasteiger partial charge in [0.25, 0.3) is 0 Å². The first-order chi connectivity index (χ1) is 14.6. The quantitative estimate of drug-likeness (QED) is 0.258. The summed E-state index contributed by atoms with van der Waals surface area (Å²) in [6.45, 7) is 29.6. The summed E-state index contributed by atoms with van der Waals surface area (Å²) in [6, 6.07) is 0. The second kappa shape index (κ2) is 30.0. The molecule has 0 atom stereocenters. The van der Waals surface area contributed by atoms with Crippen molar-refractivity contribution < 1.29 is 0 Å². The lowest BCUT2D eigenvalue weighted by Crippen LogP contribution is -2.15. The molecular weight excluding hydrogens is 374 g/mol. The van der Waals surface area contributed by atoms with Crippen molar-refractivity contribution >= 4 is 0 Å². The molecule has 1 heteroatoms. The van der Waals surface area contributed by atoms with E-state index in [1.54, 1.807) is 0 Å². The van der Waals surface area contributed by atoms with Crippen LogP contribution in [-0.2, 0) is 0 Å². The Morgan fingerprint density at radius 3 is 1.00 bits per heavy atom. The zero-order chi connectivity index (χ0) is 25.1. The van der Waals surface area contributed by atoms with Gasteiger partial charge in [-0.1, -0.05) is 141 Å². The van der Waals surface area contributed by atoms with Gasteiger partial charge < -0.3 is 4.90 Å². The molecule has 31 heavy (non-hydrogen) atoms. The van der Waals surface area contributed by atoms with E-state index in [1.807, 2.05) is 0 Å². The number of nitrogens with zero attached hydrogens (tertiary/aromatic N) is 1. The van der Waals surface area contributed by atoms with Gasteiger partial charge in [0.15, 0.2) is 0 Å². The van der Waals surface area contributed by atoms with Crippen LogP contribution < -0.4 is 0 Å². The Hall–Kier alpha value is -0.0400. The fourth-order valence-electron chi connectivity index (χ4n) is 3.83. The highest BCUT2D eigenvalue weighted by atomic mass is 15.1. The standard InChI is InChI=1S/C11H24.C8H18.C6H14.C5H13N/c1-5-8-11(4,9-6-2)10-7-3;1-4-6-8(3)7-5-2;2*1-4-6(3)5-2/h5-10H2,1-4H3;8H,4-7H2,1-3H3;6H,4-5H2,1-3H3;4-5H2,1-3H3. The van der Waals surface area contributed by atoms with Crippen LogP contribution in [0.1, 0.15) is 160 Å². The van der Waals surface area contributed by atoms with Crippen molar-refractivity contribution in [3.05, 3.63) is 0 Å². The van der Waals surface area contributed by atoms with Gasteiger partial charge in [-0.3, -0.25) is 0 Å². The minimum absolute atomic E-state index is 0.651. The van der Waals surface area contributed by atoms with Crippen molar-refractivity contribution in [2.75, 3.05) is 20.1 Å². The Labute approximate surface area is 202 Å². The van der Waals surface area contributed by atoms with Gasteiger partial charge >= 0.3 is 0 Å². The highest BCUT2D eigenvalue weighted by Gasteiger charge is 2.20. The van der Waals surface area contributed by atoms with Crippen LogP contribution in [0.5, 0.6) is 0 Å². The number of hydrogen-bond donors (Lipinski definition) is 0.